The number of nitro benzene ring substituents is 1. The first-order valence-corrected chi connectivity index (χ1v) is 7.56. The lowest BCUT2D eigenvalue weighted by Crippen LogP contribution is -2.30. The molecule has 0 radical (unpaired) electrons. The molecule has 0 spiro atoms. The SMILES string of the molecule is Cc1ccc2nc(Cl)nc(NNC(=O)c3ccc([N+](=O)[O-])cc3)c2c1. The standard InChI is InChI=1S/C16H12ClN5O3/c1-9-2-7-13-12(8-9)14(19-16(17)18-13)20-21-15(23)10-3-5-11(6-4-10)22(24)25/h2-8H,1H3,(H,21,23)(H,18,19,20). The normalized spacial score (nSPS) is 10.5. The lowest BCUT2D eigenvalue weighted by Gasteiger charge is -2.11. The summed E-state index contributed by atoms with van der Waals surface area (Å²) in [6.45, 7) is 1.92. The second-order valence-corrected chi connectivity index (χ2v) is 5.58. The van der Waals surface area contributed by atoms with E-state index in [0.29, 0.717) is 16.7 Å². The number of hydrazine groups is 1. The fourth-order valence-corrected chi connectivity index (χ4v) is 2.41. The van der Waals surface area contributed by atoms with Gasteiger partial charge in [-0.2, -0.15) is 4.98 Å². The van der Waals surface area contributed by atoms with Crippen molar-refractivity contribution in [2.45, 2.75) is 6.92 Å². The van der Waals surface area contributed by atoms with Gasteiger partial charge in [0.1, 0.15) is 0 Å². The van der Waals surface area contributed by atoms with Crippen molar-refractivity contribution in [3.05, 3.63) is 69.0 Å². The first-order valence-electron chi connectivity index (χ1n) is 7.19. The summed E-state index contributed by atoms with van der Waals surface area (Å²) in [4.78, 5) is 30.5. The van der Waals surface area contributed by atoms with Crippen LogP contribution in [0.25, 0.3) is 10.9 Å². The van der Waals surface area contributed by atoms with E-state index in [2.05, 4.69) is 20.8 Å². The molecule has 0 aliphatic heterocycles. The van der Waals surface area contributed by atoms with Crippen LogP contribution in [0.3, 0.4) is 0 Å². The molecule has 0 atom stereocenters. The van der Waals surface area contributed by atoms with Crippen molar-refractivity contribution in [2.24, 2.45) is 0 Å². The Kier molecular flexibility index (Phi) is 4.44. The molecule has 3 aromatic rings. The maximum absolute atomic E-state index is 12.2. The van der Waals surface area contributed by atoms with E-state index in [1.807, 2.05) is 25.1 Å². The second-order valence-electron chi connectivity index (χ2n) is 5.24. The molecule has 9 heteroatoms. The third kappa shape index (κ3) is 3.64. The van der Waals surface area contributed by atoms with E-state index >= 15 is 0 Å². The number of nitrogens with zero attached hydrogens (tertiary/aromatic N) is 3. The van der Waals surface area contributed by atoms with E-state index in [1.54, 1.807) is 0 Å². The number of hydrogen-bond donors (Lipinski definition) is 2. The zero-order valence-electron chi connectivity index (χ0n) is 13.0. The molecule has 2 aromatic carbocycles. The largest absolute Gasteiger partial charge is 0.281 e. The fraction of sp³-hybridized carbons (Fsp3) is 0.0625. The Balaban J connectivity index is 1.81. The summed E-state index contributed by atoms with van der Waals surface area (Å²) >= 11 is 5.90. The van der Waals surface area contributed by atoms with Gasteiger partial charge in [0.05, 0.1) is 10.4 Å². The monoisotopic (exact) mass is 357 g/mol. The Morgan fingerprint density at radius 3 is 2.56 bits per heavy atom. The molecule has 0 aliphatic carbocycles. The van der Waals surface area contributed by atoms with Crippen LogP contribution < -0.4 is 10.9 Å². The maximum atomic E-state index is 12.2. The highest BCUT2D eigenvalue weighted by atomic mass is 35.5. The molecule has 0 unspecified atom stereocenters. The number of carbonyl (C=O) groups excluding carboxylic acids is 1. The molecule has 1 aromatic heterocycles. The number of benzene rings is 2. The van der Waals surface area contributed by atoms with Gasteiger partial charge in [-0.3, -0.25) is 25.8 Å². The highest BCUT2D eigenvalue weighted by molar-refractivity contribution is 6.28. The summed E-state index contributed by atoms with van der Waals surface area (Å²) in [6, 6.07) is 10.8. The van der Waals surface area contributed by atoms with Crippen molar-refractivity contribution in [1.29, 1.82) is 0 Å². The van der Waals surface area contributed by atoms with Crippen molar-refractivity contribution in [3.63, 3.8) is 0 Å². The number of aromatic nitrogens is 2. The van der Waals surface area contributed by atoms with E-state index in [4.69, 9.17) is 11.6 Å². The summed E-state index contributed by atoms with van der Waals surface area (Å²) in [7, 11) is 0. The Morgan fingerprint density at radius 2 is 1.88 bits per heavy atom. The van der Waals surface area contributed by atoms with Crippen LogP contribution in [0.5, 0.6) is 0 Å². The van der Waals surface area contributed by atoms with Gasteiger partial charge in [-0.05, 0) is 42.8 Å². The summed E-state index contributed by atoms with van der Waals surface area (Å²) in [5, 5.41) is 11.4. The molecular formula is C16H12ClN5O3. The van der Waals surface area contributed by atoms with E-state index in [9.17, 15) is 14.9 Å². The third-order valence-electron chi connectivity index (χ3n) is 3.46. The van der Waals surface area contributed by atoms with Crippen molar-refractivity contribution in [3.8, 4) is 0 Å². The molecule has 126 valence electrons. The van der Waals surface area contributed by atoms with Crippen LogP contribution in [0, 0.1) is 17.0 Å². The van der Waals surface area contributed by atoms with Gasteiger partial charge >= 0.3 is 0 Å². The van der Waals surface area contributed by atoms with Crippen LogP contribution in [0.1, 0.15) is 15.9 Å². The molecule has 1 amide bonds. The first-order chi connectivity index (χ1) is 11.9. The van der Waals surface area contributed by atoms with Crippen LogP contribution >= 0.6 is 11.6 Å². The van der Waals surface area contributed by atoms with E-state index < -0.39 is 10.8 Å². The van der Waals surface area contributed by atoms with Crippen LogP contribution in [0.2, 0.25) is 5.28 Å². The summed E-state index contributed by atoms with van der Waals surface area (Å²) in [5.74, 6) is -0.112. The lowest BCUT2D eigenvalue weighted by molar-refractivity contribution is -0.384. The number of halogens is 1. The van der Waals surface area contributed by atoms with Crippen molar-refractivity contribution >= 4 is 39.9 Å². The van der Waals surface area contributed by atoms with Gasteiger partial charge in [0.15, 0.2) is 5.82 Å². The number of non-ortho nitro benzene ring substituents is 1. The maximum Gasteiger partial charge on any atom is 0.269 e. The Hall–Kier alpha value is -3.26. The van der Waals surface area contributed by atoms with Crippen LogP contribution in [0.15, 0.2) is 42.5 Å². The predicted octanol–water partition coefficient (Wildman–Crippen LogP) is 3.26. The predicted molar refractivity (Wildman–Crippen MR) is 93.5 cm³/mol. The quantitative estimate of drug-likeness (QED) is 0.421. The zero-order valence-corrected chi connectivity index (χ0v) is 13.7. The molecule has 25 heavy (non-hydrogen) atoms. The lowest BCUT2D eigenvalue weighted by atomic mass is 10.1. The van der Waals surface area contributed by atoms with Crippen molar-refractivity contribution in [1.82, 2.24) is 15.4 Å². The van der Waals surface area contributed by atoms with Gasteiger partial charge in [0.2, 0.25) is 5.28 Å². The van der Waals surface area contributed by atoms with Gasteiger partial charge in [-0.25, -0.2) is 4.98 Å². The Morgan fingerprint density at radius 1 is 1.16 bits per heavy atom. The molecular weight excluding hydrogens is 346 g/mol. The molecule has 3 rings (SSSR count). The molecule has 2 N–H and O–H groups in total. The number of carbonyl (C=O) groups is 1. The topological polar surface area (TPSA) is 110 Å². The third-order valence-corrected chi connectivity index (χ3v) is 3.63. The Bertz CT molecular complexity index is 975. The van der Waals surface area contributed by atoms with Crippen molar-refractivity contribution < 1.29 is 9.72 Å². The van der Waals surface area contributed by atoms with E-state index in [1.165, 1.54) is 24.3 Å². The zero-order chi connectivity index (χ0) is 18.0. The van der Waals surface area contributed by atoms with Crippen LogP contribution in [0.4, 0.5) is 11.5 Å². The fourth-order valence-electron chi connectivity index (χ4n) is 2.23. The van der Waals surface area contributed by atoms with E-state index in [-0.39, 0.29) is 16.5 Å². The van der Waals surface area contributed by atoms with Gasteiger partial charge in [0.25, 0.3) is 11.6 Å². The second kappa shape index (κ2) is 6.70. The van der Waals surface area contributed by atoms with Crippen LogP contribution in [-0.2, 0) is 0 Å². The minimum Gasteiger partial charge on any atom is -0.281 e. The number of anilines is 1. The Labute approximate surface area is 147 Å². The van der Waals surface area contributed by atoms with E-state index in [0.717, 1.165) is 5.56 Å². The molecule has 8 nitrogen and oxygen atoms in total. The first kappa shape index (κ1) is 16.6. The van der Waals surface area contributed by atoms with Crippen molar-refractivity contribution in [2.75, 3.05) is 5.43 Å². The number of fused-ring (bicyclic) bond motifs is 1. The van der Waals surface area contributed by atoms with Gasteiger partial charge in [-0.1, -0.05) is 11.6 Å². The number of aryl methyl sites for hydroxylation is 1. The summed E-state index contributed by atoms with van der Waals surface area (Å²) in [5.41, 5.74) is 7.03. The van der Waals surface area contributed by atoms with Gasteiger partial charge in [0, 0.05) is 23.1 Å². The van der Waals surface area contributed by atoms with Gasteiger partial charge < -0.3 is 0 Å². The highest BCUT2D eigenvalue weighted by Crippen LogP contribution is 2.22. The minimum absolute atomic E-state index is 0.0448. The average molecular weight is 358 g/mol. The molecule has 0 saturated heterocycles. The number of amides is 1. The number of nitrogens with one attached hydrogen (secondary N) is 2. The average Bonchev–Trinajstić information content (AvgIpc) is 2.60. The molecule has 0 fully saturated rings. The summed E-state index contributed by atoms with van der Waals surface area (Å²) in [6.07, 6.45) is 0. The molecule has 0 saturated carbocycles. The number of hydrogen-bond acceptors (Lipinski definition) is 6. The highest BCUT2D eigenvalue weighted by Gasteiger charge is 2.11. The smallest absolute Gasteiger partial charge is 0.269 e. The van der Waals surface area contributed by atoms with Crippen LogP contribution in [-0.4, -0.2) is 20.8 Å². The summed E-state index contributed by atoms with van der Waals surface area (Å²) < 4.78 is 0. The molecule has 0 bridgehead atoms. The minimum atomic E-state index is -0.530. The number of rotatable bonds is 4. The molecule has 1 heterocycles. The number of nitro groups is 1. The molecule has 0 aliphatic rings. The van der Waals surface area contributed by atoms with Gasteiger partial charge in [-0.15, -0.1) is 0 Å².